The Morgan fingerprint density at radius 3 is 2.24 bits per heavy atom. The number of carbonyl (C=O) groups is 3. The van der Waals surface area contributed by atoms with Gasteiger partial charge in [-0.05, 0) is 49.9 Å². The third-order valence-electron chi connectivity index (χ3n) is 4.66. The van der Waals surface area contributed by atoms with E-state index in [2.05, 4.69) is 10.6 Å². The average molecular weight is 399 g/mol. The van der Waals surface area contributed by atoms with Gasteiger partial charge < -0.3 is 20.0 Å². The summed E-state index contributed by atoms with van der Waals surface area (Å²) < 4.78 is 5.08. The minimum atomic E-state index is -0.770. The van der Waals surface area contributed by atoms with Crippen LogP contribution in [0.2, 0.25) is 0 Å². The number of hydrogen-bond acceptors (Lipinski definition) is 4. The van der Waals surface area contributed by atoms with Crippen LogP contribution in [0.3, 0.4) is 0 Å². The highest BCUT2D eigenvalue weighted by molar-refractivity contribution is 5.98. The molecule has 0 saturated carbocycles. The Kier molecular flexibility index (Phi) is 7.20. The summed E-state index contributed by atoms with van der Waals surface area (Å²) in [6.07, 6.45) is 1.40. The number of nitrogens with zero attached hydrogens (tertiary/aromatic N) is 1. The Bertz CT molecular complexity index is 864. The Morgan fingerprint density at radius 2 is 1.72 bits per heavy atom. The molecule has 0 bridgehead atoms. The predicted octanol–water partition coefficient (Wildman–Crippen LogP) is 3.06. The second-order valence-corrected chi connectivity index (χ2v) is 7.69. The summed E-state index contributed by atoms with van der Waals surface area (Å²) in [7, 11) is 1.55. The zero-order valence-electron chi connectivity index (χ0n) is 17.8. The van der Waals surface area contributed by atoms with Crippen molar-refractivity contribution in [2.45, 2.75) is 40.7 Å². The summed E-state index contributed by atoms with van der Waals surface area (Å²) >= 11 is 0. The molecule has 0 aliphatic heterocycles. The number of amides is 3. The Hall–Kier alpha value is -3.09. The van der Waals surface area contributed by atoms with E-state index < -0.39 is 11.9 Å². The van der Waals surface area contributed by atoms with Gasteiger partial charge in [0.2, 0.25) is 11.8 Å². The van der Waals surface area contributed by atoms with E-state index >= 15 is 0 Å². The number of likely N-dealkylation sites (N-methyl/N-ethyl adjacent to an activating group) is 1. The lowest BCUT2D eigenvalue weighted by Gasteiger charge is -2.26. The van der Waals surface area contributed by atoms with Crippen LogP contribution in [0.1, 0.15) is 41.1 Å². The molecule has 0 fully saturated rings. The van der Waals surface area contributed by atoms with Crippen LogP contribution in [0, 0.1) is 26.7 Å². The SMILES string of the molecule is Cc1cc(C)c(NC(=O)CN(C)C(=O)[C@@H](NC(=O)c2ccco2)C(C)C)c(C)c1. The smallest absolute Gasteiger partial charge is 0.287 e. The second-order valence-electron chi connectivity index (χ2n) is 7.69. The monoisotopic (exact) mass is 399 g/mol. The third-order valence-corrected chi connectivity index (χ3v) is 4.66. The van der Waals surface area contributed by atoms with Crippen LogP contribution in [-0.2, 0) is 9.59 Å². The van der Waals surface area contributed by atoms with E-state index in [1.807, 2.05) is 46.8 Å². The largest absolute Gasteiger partial charge is 0.459 e. The van der Waals surface area contributed by atoms with Gasteiger partial charge in [-0.25, -0.2) is 0 Å². The first-order chi connectivity index (χ1) is 13.6. The van der Waals surface area contributed by atoms with Crippen molar-refractivity contribution in [1.82, 2.24) is 10.2 Å². The predicted molar refractivity (Wildman–Crippen MR) is 112 cm³/mol. The standard InChI is InChI=1S/C22H29N3O4/c1-13(2)19(24-21(27)17-8-7-9-29-17)22(28)25(6)12-18(26)23-20-15(4)10-14(3)11-16(20)5/h7-11,13,19H,12H2,1-6H3,(H,23,26)(H,24,27)/t19-/m0/s1. The van der Waals surface area contributed by atoms with Crippen LogP contribution in [0.25, 0.3) is 0 Å². The van der Waals surface area contributed by atoms with Crippen LogP contribution < -0.4 is 10.6 Å². The number of furan rings is 1. The molecule has 156 valence electrons. The normalized spacial score (nSPS) is 11.8. The molecule has 2 N–H and O–H groups in total. The summed E-state index contributed by atoms with van der Waals surface area (Å²) in [5, 5.41) is 5.58. The molecule has 2 aromatic rings. The van der Waals surface area contributed by atoms with Gasteiger partial charge in [-0.15, -0.1) is 0 Å². The van der Waals surface area contributed by atoms with Crippen LogP contribution in [-0.4, -0.2) is 42.3 Å². The number of rotatable bonds is 7. The van der Waals surface area contributed by atoms with Gasteiger partial charge >= 0.3 is 0 Å². The van der Waals surface area contributed by atoms with E-state index in [0.29, 0.717) is 0 Å². The van der Waals surface area contributed by atoms with Gasteiger partial charge in [0.05, 0.1) is 12.8 Å². The van der Waals surface area contributed by atoms with Gasteiger partial charge in [0.25, 0.3) is 5.91 Å². The summed E-state index contributed by atoms with van der Waals surface area (Å²) in [4.78, 5) is 38.9. The van der Waals surface area contributed by atoms with Crippen LogP contribution in [0.4, 0.5) is 5.69 Å². The van der Waals surface area contributed by atoms with E-state index in [4.69, 9.17) is 4.42 Å². The van der Waals surface area contributed by atoms with Gasteiger partial charge in [0.1, 0.15) is 6.04 Å². The maximum atomic E-state index is 12.9. The molecule has 2 rings (SSSR count). The summed E-state index contributed by atoms with van der Waals surface area (Å²) in [6, 6.07) is 6.35. The minimum Gasteiger partial charge on any atom is -0.459 e. The maximum Gasteiger partial charge on any atom is 0.287 e. The highest BCUT2D eigenvalue weighted by atomic mass is 16.3. The molecule has 0 unspecified atom stereocenters. The van der Waals surface area contributed by atoms with Crippen molar-refractivity contribution >= 4 is 23.4 Å². The fraction of sp³-hybridized carbons (Fsp3) is 0.409. The Balaban J connectivity index is 2.03. The minimum absolute atomic E-state index is 0.120. The van der Waals surface area contributed by atoms with E-state index in [-0.39, 0.29) is 30.0 Å². The number of hydrogen-bond donors (Lipinski definition) is 2. The number of nitrogens with one attached hydrogen (secondary N) is 2. The van der Waals surface area contributed by atoms with Crippen LogP contribution in [0.15, 0.2) is 34.9 Å². The zero-order valence-corrected chi connectivity index (χ0v) is 17.8. The molecule has 0 spiro atoms. The van der Waals surface area contributed by atoms with Crippen LogP contribution in [0.5, 0.6) is 0 Å². The molecule has 0 radical (unpaired) electrons. The summed E-state index contributed by atoms with van der Waals surface area (Å²) in [5.74, 6) is -1.13. The summed E-state index contributed by atoms with van der Waals surface area (Å²) in [6.45, 7) is 9.41. The molecule has 1 atom stereocenters. The second kappa shape index (κ2) is 9.41. The first kappa shape index (κ1) is 22.2. The maximum absolute atomic E-state index is 12.9. The number of aryl methyl sites for hydroxylation is 3. The van der Waals surface area contributed by atoms with Crippen molar-refractivity contribution in [1.29, 1.82) is 0 Å². The Morgan fingerprint density at radius 1 is 1.10 bits per heavy atom. The molecule has 0 saturated heterocycles. The summed E-state index contributed by atoms with van der Waals surface area (Å²) in [5.41, 5.74) is 3.82. The van der Waals surface area contributed by atoms with E-state index in [9.17, 15) is 14.4 Å². The highest BCUT2D eigenvalue weighted by Gasteiger charge is 2.29. The molecule has 0 aliphatic carbocycles. The zero-order chi connectivity index (χ0) is 21.7. The fourth-order valence-corrected chi connectivity index (χ4v) is 3.22. The van der Waals surface area contributed by atoms with Gasteiger partial charge in [-0.2, -0.15) is 0 Å². The third kappa shape index (κ3) is 5.70. The number of benzene rings is 1. The van der Waals surface area contributed by atoms with E-state index in [1.54, 1.807) is 13.1 Å². The molecular weight excluding hydrogens is 370 g/mol. The lowest BCUT2D eigenvalue weighted by atomic mass is 10.0. The lowest BCUT2D eigenvalue weighted by molar-refractivity contribution is -0.135. The van der Waals surface area contributed by atoms with Gasteiger partial charge in [-0.3, -0.25) is 14.4 Å². The van der Waals surface area contributed by atoms with E-state index in [1.165, 1.54) is 17.2 Å². The van der Waals surface area contributed by atoms with Crippen molar-refractivity contribution in [2.75, 3.05) is 18.9 Å². The molecule has 3 amide bonds. The van der Waals surface area contributed by atoms with Gasteiger partial charge in [0.15, 0.2) is 5.76 Å². The quantitative estimate of drug-likeness (QED) is 0.749. The molecule has 7 heteroatoms. The molecule has 1 heterocycles. The highest BCUT2D eigenvalue weighted by Crippen LogP contribution is 2.21. The number of carbonyl (C=O) groups excluding carboxylic acids is 3. The molecular formula is C22H29N3O4. The first-order valence-corrected chi connectivity index (χ1v) is 9.57. The van der Waals surface area contributed by atoms with Crippen molar-refractivity contribution < 1.29 is 18.8 Å². The fourth-order valence-electron chi connectivity index (χ4n) is 3.22. The van der Waals surface area contributed by atoms with Crippen molar-refractivity contribution in [3.63, 3.8) is 0 Å². The van der Waals surface area contributed by atoms with Crippen molar-refractivity contribution in [2.24, 2.45) is 5.92 Å². The van der Waals surface area contributed by atoms with Crippen molar-refractivity contribution in [3.8, 4) is 0 Å². The molecule has 7 nitrogen and oxygen atoms in total. The molecule has 1 aromatic heterocycles. The van der Waals surface area contributed by atoms with Gasteiger partial charge in [-0.1, -0.05) is 31.5 Å². The Labute approximate surface area is 171 Å². The van der Waals surface area contributed by atoms with Gasteiger partial charge in [0, 0.05) is 12.7 Å². The molecule has 29 heavy (non-hydrogen) atoms. The average Bonchev–Trinajstić information content (AvgIpc) is 3.16. The topological polar surface area (TPSA) is 91.7 Å². The van der Waals surface area contributed by atoms with Crippen LogP contribution >= 0.6 is 0 Å². The van der Waals surface area contributed by atoms with E-state index in [0.717, 1.165) is 22.4 Å². The molecule has 0 aliphatic rings. The van der Waals surface area contributed by atoms with Crippen molar-refractivity contribution in [3.05, 3.63) is 53.0 Å². The lowest BCUT2D eigenvalue weighted by Crippen LogP contribution is -2.51. The number of anilines is 1. The first-order valence-electron chi connectivity index (χ1n) is 9.57. The molecule has 1 aromatic carbocycles.